The van der Waals surface area contributed by atoms with Crippen molar-refractivity contribution in [2.24, 2.45) is 0 Å². The van der Waals surface area contributed by atoms with Gasteiger partial charge >= 0.3 is 6.18 Å². The van der Waals surface area contributed by atoms with Crippen molar-refractivity contribution in [2.45, 2.75) is 18.5 Å². The second-order valence-electron chi connectivity index (χ2n) is 2.08. The maximum absolute atomic E-state index is 12.1. The molecule has 0 saturated carbocycles. The highest BCUT2D eigenvalue weighted by Crippen LogP contribution is 2.31. The number of halogens is 5. The molecule has 0 saturated heterocycles. The number of hydrogen-bond donors (Lipinski definition) is 0. The minimum absolute atomic E-state index is 0.921. The van der Waals surface area contributed by atoms with E-state index in [-0.39, 0.29) is 0 Å². The quantitative estimate of drug-likeness (QED) is 0.602. The molecular formula is C5H7F5O. The molecule has 0 aromatic heterocycles. The van der Waals surface area contributed by atoms with E-state index in [0.717, 1.165) is 7.11 Å². The molecule has 0 aromatic rings. The van der Waals surface area contributed by atoms with Gasteiger partial charge in [0.25, 0.3) is 5.92 Å². The molecule has 0 aliphatic heterocycles. The van der Waals surface area contributed by atoms with Gasteiger partial charge in [-0.3, -0.25) is 0 Å². The molecule has 0 aromatic carbocycles. The second-order valence-corrected chi connectivity index (χ2v) is 2.08. The third-order valence-corrected chi connectivity index (χ3v) is 0.815. The normalized spacial score (nSPS) is 13.6. The molecule has 0 amide bonds. The van der Waals surface area contributed by atoms with Crippen molar-refractivity contribution in [1.29, 1.82) is 0 Å². The van der Waals surface area contributed by atoms with Crippen LogP contribution in [0.2, 0.25) is 0 Å². The second kappa shape index (κ2) is 3.34. The number of alkyl halides is 5. The van der Waals surface area contributed by atoms with Gasteiger partial charge in [0, 0.05) is 7.11 Å². The van der Waals surface area contributed by atoms with Gasteiger partial charge in [-0.05, 0) is 0 Å². The van der Waals surface area contributed by atoms with Crippen LogP contribution in [0.1, 0.15) is 6.42 Å². The van der Waals surface area contributed by atoms with E-state index >= 15 is 0 Å². The Morgan fingerprint density at radius 1 is 1.09 bits per heavy atom. The zero-order valence-electron chi connectivity index (χ0n) is 5.71. The molecule has 1 nitrogen and oxygen atoms in total. The van der Waals surface area contributed by atoms with Crippen molar-refractivity contribution in [1.82, 2.24) is 0 Å². The largest absolute Gasteiger partial charge is 0.394 e. The summed E-state index contributed by atoms with van der Waals surface area (Å²) in [7, 11) is 0.921. The molecular weight excluding hydrogens is 171 g/mol. The fourth-order valence-corrected chi connectivity index (χ4v) is 0.555. The Labute approximate surface area is 60.1 Å². The lowest BCUT2D eigenvalue weighted by molar-refractivity contribution is -0.199. The highest BCUT2D eigenvalue weighted by Gasteiger charge is 2.43. The first kappa shape index (κ1) is 10.6. The SMILES string of the molecule is COCC(F)(F)CC(F)(F)F. The Morgan fingerprint density at radius 2 is 1.55 bits per heavy atom. The van der Waals surface area contributed by atoms with Gasteiger partial charge in [0.15, 0.2) is 0 Å². The Balaban J connectivity index is 3.91. The number of rotatable bonds is 3. The predicted molar refractivity (Wildman–Crippen MR) is 27.5 cm³/mol. The van der Waals surface area contributed by atoms with Gasteiger partial charge in [0.05, 0.1) is 0 Å². The van der Waals surface area contributed by atoms with E-state index in [9.17, 15) is 22.0 Å². The van der Waals surface area contributed by atoms with Crippen LogP contribution in [0.15, 0.2) is 0 Å². The molecule has 0 aliphatic carbocycles. The third kappa shape index (κ3) is 6.03. The molecule has 0 heterocycles. The molecule has 0 atom stereocenters. The van der Waals surface area contributed by atoms with Crippen LogP contribution >= 0.6 is 0 Å². The standard InChI is InChI=1S/C5H7F5O/c1-11-3-4(6,7)2-5(8,9)10/h2-3H2,1H3. The Morgan fingerprint density at radius 3 is 1.82 bits per heavy atom. The number of ether oxygens (including phenoxy) is 1. The van der Waals surface area contributed by atoms with E-state index in [4.69, 9.17) is 0 Å². The van der Waals surface area contributed by atoms with Crippen molar-refractivity contribution in [3.05, 3.63) is 0 Å². The van der Waals surface area contributed by atoms with E-state index in [1.165, 1.54) is 0 Å². The van der Waals surface area contributed by atoms with Gasteiger partial charge in [-0.15, -0.1) is 0 Å². The van der Waals surface area contributed by atoms with E-state index in [1.54, 1.807) is 0 Å². The maximum Gasteiger partial charge on any atom is 0.394 e. The molecule has 0 spiro atoms. The van der Waals surface area contributed by atoms with Crippen LogP contribution in [0.3, 0.4) is 0 Å². The van der Waals surface area contributed by atoms with Crippen LogP contribution in [0.25, 0.3) is 0 Å². The Hall–Kier alpha value is -0.390. The van der Waals surface area contributed by atoms with Crippen LogP contribution in [0, 0.1) is 0 Å². The average molecular weight is 178 g/mol. The summed E-state index contributed by atoms with van der Waals surface area (Å²) in [4.78, 5) is 0. The van der Waals surface area contributed by atoms with Crippen molar-refractivity contribution < 1.29 is 26.7 Å². The van der Waals surface area contributed by atoms with Crippen LogP contribution in [-0.2, 0) is 4.74 Å². The van der Waals surface area contributed by atoms with Crippen molar-refractivity contribution in [3.8, 4) is 0 Å². The minimum atomic E-state index is -4.85. The summed E-state index contributed by atoms with van der Waals surface area (Å²) in [5.74, 6) is -3.81. The van der Waals surface area contributed by atoms with Gasteiger partial charge in [-0.2, -0.15) is 13.2 Å². The molecule has 0 aliphatic rings. The lowest BCUT2D eigenvalue weighted by Gasteiger charge is -2.16. The summed E-state index contributed by atoms with van der Waals surface area (Å²) in [6.07, 6.45) is -6.98. The fourth-order valence-electron chi connectivity index (χ4n) is 0.555. The summed E-state index contributed by atoms with van der Waals surface area (Å²) >= 11 is 0. The molecule has 0 N–H and O–H groups in total. The highest BCUT2D eigenvalue weighted by atomic mass is 19.4. The van der Waals surface area contributed by atoms with E-state index < -0.39 is 25.1 Å². The summed E-state index contributed by atoms with van der Waals surface area (Å²) in [6, 6.07) is 0. The van der Waals surface area contributed by atoms with E-state index in [1.807, 2.05) is 0 Å². The first-order valence-electron chi connectivity index (χ1n) is 2.70. The predicted octanol–water partition coefficient (Wildman–Crippen LogP) is 2.22. The summed E-state index contributed by atoms with van der Waals surface area (Å²) in [5.41, 5.74) is 0. The van der Waals surface area contributed by atoms with Crippen molar-refractivity contribution in [3.63, 3.8) is 0 Å². The molecule has 0 radical (unpaired) electrons. The van der Waals surface area contributed by atoms with Crippen molar-refractivity contribution in [2.75, 3.05) is 13.7 Å². The smallest absolute Gasteiger partial charge is 0.378 e. The zero-order chi connectivity index (χ0) is 9.12. The topological polar surface area (TPSA) is 9.23 Å². The molecule has 0 fully saturated rings. The van der Waals surface area contributed by atoms with Gasteiger partial charge in [-0.25, -0.2) is 8.78 Å². The minimum Gasteiger partial charge on any atom is -0.378 e. The summed E-state index contributed by atoms with van der Waals surface area (Å²) < 4.78 is 62.1. The lowest BCUT2D eigenvalue weighted by atomic mass is 10.2. The first-order chi connectivity index (χ1) is 4.77. The monoisotopic (exact) mass is 178 g/mol. The van der Waals surface area contributed by atoms with Crippen LogP contribution in [-0.4, -0.2) is 25.8 Å². The lowest BCUT2D eigenvalue weighted by Crippen LogP contribution is -2.30. The first-order valence-corrected chi connectivity index (χ1v) is 2.70. The summed E-state index contributed by atoms with van der Waals surface area (Å²) in [6.45, 7) is -1.20. The number of hydrogen-bond acceptors (Lipinski definition) is 1. The zero-order valence-corrected chi connectivity index (χ0v) is 5.71. The Bertz CT molecular complexity index is 119. The van der Waals surface area contributed by atoms with Crippen molar-refractivity contribution >= 4 is 0 Å². The molecule has 0 bridgehead atoms. The summed E-state index contributed by atoms with van der Waals surface area (Å²) in [5, 5.41) is 0. The Kier molecular flexibility index (Phi) is 3.22. The van der Waals surface area contributed by atoms with Gasteiger partial charge < -0.3 is 4.74 Å². The van der Waals surface area contributed by atoms with Gasteiger partial charge in [0.1, 0.15) is 13.0 Å². The molecule has 0 unspecified atom stereocenters. The van der Waals surface area contributed by atoms with Gasteiger partial charge in [0.2, 0.25) is 0 Å². The molecule has 0 rings (SSSR count). The maximum atomic E-state index is 12.1. The van der Waals surface area contributed by atoms with Crippen LogP contribution in [0.5, 0.6) is 0 Å². The fraction of sp³-hybridized carbons (Fsp3) is 1.00. The molecule has 68 valence electrons. The van der Waals surface area contributed by atoms with Crippen LogP contribution < -0.4 is 0 Å². The van der Waals surface area contributed by atoms with E-state index in [0.29, 0.717) is 0 Å². The third-order valence-electron chi connectivity index (χ3n) is 0.815. The molecule has 11 heavy (non-hydrogen) atoms. The van der Waals surface area contributed by atoms with E-state index in [2.05, 4.69) is 4.74 Å². The highest BCUT2D eigenvalue weighted by molar-refractivity contribution is 4.69. The van der Waals surface area contributed by atoms with Crippen LogP contribution in [0.4, 0.5) is 22.0 Å². The molecule has 6 heteroatoms. The van der Waals surface area contributed by atoms with Gasteiger partial charge in [-0.1, -0.05) is 0 Å². The average Bonchev–Trinajstić information content (AvgIpc) is 1.55. The number of methoxy groups -OCH3 is 1.